The molecular formula is C23H28N4O6S. The summed E-state index contributed by atoms with van der Waals surface area (Å²) >= 11 is 1.55. The number of benzene rings is 1. The number of hydrogen-bond acceptors (Lipinski definition) is 9. The number of methoxy groups -OCH3 is 1. The van der Waals surface area contributed by atoms with Gasteiger partial charge in [-0.2, -0.15) is 5.10 Å². The number of nitrogens with zero attached hydrogens (tertiary/aromatic N) is 1. The number of hydrazone groups is 1. The molecule has 3 rings (SSSR count). The van der Waals surface area contributed by atoms with Gasteiger partial charge in [0, 0.05) is 10.6 Å². The van der Waals surface area contributed by atoms with Crippen molar-refractivity contribution in [3.05, 3.63) is 56.9 Å². The molecule has 2 amide bonds. The number of rotatable bonds is 10. The molecule has 1 aromatic carbocycles. The quantitative estimate of drug-likeness (QED) is 0.175. The van der Waals surface area contributed by atoms with Crippen LogP contribution in [0.4, 0.5) is 4.79 Å². The largest absolute Gasteiger partial charge is 0.490 e. The molecule has 0 aliphatic carbocycles. The van der Waals surface area contributed by atoms with E-state index in [1.165, 1.54) is 7.11 Å². The smallest absolute Gasteiger partial charge is 0.337 e. The van der Waals surface area contributed by atoms with Gasteiger partial charge in [-0.25, -0.2) is 9.59 Å². The molecule has 1 aliphatic heterocycles. The highest BCUT2D eigenvalue weighted by Crippen LogP contribution is 2.34. The first-order chi connectivity index (χ1) is 16.3. The van der Waals surface area contributed by atoms with Gasteiger partial charge >= 0.3 is 12.0 Å². The molecule has 182 valence electrons. The van der Waals surface area contributed by atoms with Crippen LogP contribution in [0.2, 0.25) is 0 Å². The maximum atomic E-state index is 12.3. The Kier molecular flexibility index (Phi) is 8.50. The molecule has 0 radical (unpaired) electrons. The van der Waals surface area contributed by atoms with E-state index in [1.54, 1.807) is 42.7 Å². The first kappa shape index (κ1) is 25.1. The van der Waals surface area contributed by atoms with E-state index >= 15 is 0 Å². The zero-order chi connectivity index (χ0) is 24.7. The van der Waals surface area contributed by atoms with Crippen LogP contribution >= 0.6 is 11.3 Å². The Hall–Kier alpha value is -3.57. The van der Waals surface area contributed by atoms with Gasteiger partial charge in [0.05, 0.1) is 31.5 Å². The molecule has 2 aromatic rings. The average Bonchev–Trinajstić information content (AvgIpc) is 3.22. The lowest BCUT2D eigenvalue weighted by molar-refractivity contribution is -0.136. The predicted octanol–water partition coefficient (Wildman–Crippen LogP) is 2.58. The monoisotopic (exact) mass is 488 g/mol. The minimum absolute atomic E-state index is 0.0866. The molecule has 0 saturated carbocycles. The highest BCUT2D eigenvalue weighted by atomic mass is 32.1. The Morgan fingerprint density at radius 1 is 1.29 bits per heavy atom. The van der Waals surface area contributed by atoms with Crippen LogP contribution in [0.1, 0.15) is 35.9 Å². The number of ether oxygens (including phenoxy) is 3. The standard InChI is InChI=1S/C23H28N4O6S/c1-5-32-17-10-15(21-20(22(29)31-4)14(3)25-23(30)26-21)6-7-16(17)33-12-19(28)27-24-11-18-13(2)8-9-34-18/h6-11,19,21,27-28H,5,12H2,1-4H3,(H2,25,26,30)/b24-11-/t19-,21-/m1/s1. The fraction of sp³-hybridized carbons (Fsp3) is 0.348. The lowest BCUT2D eigenvalue weighted by atomic mass is 9.95. The van der Waals surface area contributed by atoms with Crippen molar-refractivity contribution >= 4 is 29.6 Å². The highest BCUT2D eigenvalue weighted by molar-refractivity contribution is 7.11. The molecule has 0 unspecified atom stereocenters. The number of aliphatic hydroxyl groups excluding tert-OH is 1. The van der Waals surface area contributed by atoms with Gasteiger partial charge in [0.1, 0.15) is 6.61 Å². The van der Waals surface area contributed by atoms with E-state index in [0.717, 1.165) is 10.4 Å². The molecule has 1 aliphatic rings. The second-order valence-corrected chi connectivity index (χ2v) is 8.33. The summed E-state index contributed by atoms with van der Waals surface area (Å²) in [5.41, 5.74) is 5.03. The lowest BCUT2D eigenvalue weighted by Crippen LogP contribution is -2.45. The van der Waals surface area contributed by atoms with Crippen LogP contribution in [0.25, 0.3) is 0 Å². The van der Waals surface area contributed by atoms with Crippen molar-refractivity contribution in [3.63, 3.8) is 0 Å². The normalized spacial score (nSPS) is 16.6. The average molecular weight is 489 g/mol. The third-order valence-corrected chi connectivity index (χ3v) is 5.93. The number of esters is 1. The van der Waals surface area contributed by atoms with Crippen LogP contribution in [0, 0.1) is 6.92 Å². The number of carbonyl (C=O) groups is 2. The highest BCUT2D eigenvalue weighted by Gasteiger charge is 2.32. The van der Waals surface area contributed by atoms with E-state index in [4.69, 9.17) is 14.2 Å². The zero-order valence-electron chi connectivity index (χ0n) is 19.4. The van der Waals surface area contributed by atoms with E-state index in [-0.39, 0.29) is 12.2 Å². The van der Waals surface area contributed by atoms with Gasteiger partial charge in [-0.3, -0.25) is 5.43 Å². The fourth-order valence-corrected chi connectivity index (χ4v) is 4.11. The van der Waals surface area contributed by atoms with E-state index in [1.807, 2.05) is 25.3 Å². The maximum absolute atomic E-state index is 12.3. The number of hydrogen-bond donors (Lipinski definition) is 4. The molecule has 4 N–H and O–H groups in total. The van der Waals surface area contributed by atoms with Gasteiger partial charge in [-0.05, 0) is 55.5 Å². The molecule has 0 fully saturated rings. The number of thiophene rings is 1. The number of allylic oxidation sites excluding steroid dienone is 1. The van der Waals surface area contributed by atoms with Crippen molar-refractivity contribution in [3.8, 4) is 11.5 Å². The van der Waals surface area contributed by atoms with E-state index in [9.17, 15) is 14.7 Å². The molecule has 2 atom stereocenters. The molecular weight excluding hydrogens is 460 g/mol. The Balaban J connectivity index is 1.73. The van der Waals surface area contributed by atoms with Gasteiger partial charge in [-0.1, -0.05) is 6.07 Å². The van der Waals surface area contributed by atoms with Gasteiger partial charge in [0.2, 0.25) is 0 Å². The molecule has 11 heteroatoms. The van der Waals surface area contributed by atoms with Crippen molar-refractivity contribution in [2.45, 2.75) is 33.0 Å². The molecule has 0 spiro atoms. The van der Waals surface area contributed by atoms with Crippen LogP contribution in [0.5, 0.6) is 11.5 Å². The van der Waals surface area contributed by atoms with Gasteiger partial charge in [-0.15, -0.1) is 11.3 Å². The number of aliphatic hydroxyl groups is 1. The van der Waals surface area contributed by atoms with Crippen LogP contribution in [-0.2, 0) is 9.53 Å². The first-order valence-electron chi connectivity index (χ1n) is 10.6. The molecule has 0 saturated heterocycles. The second-order valence-electron chi connectivity index (χ2n) is 7.38. The number of urea groups is 1. The van der Waals surface area contributed by atoms with Crippen LogP contribution in [0.3, 0.4) is 0 Å². The summed E-state index contributed by atoms with van der Waals surface area (Å²) < 4.78 is 16.3. The van der Waals surface area contributed by atoms with Crippen molar-refractivity contribution < 1.29 is 28.9 Å². The summed E-state index contributed by atoms with van der Waals surface area (Å²) in [4.78, 5) is 25.4. The Bertz CT molecular complexity index is 1100. The Morgan fingerprint density at radius 2 is 2.09 bits per heavy atom. The van der Waals surface area contributed by atoms with Gasteiger partial charge in [0.15, 0.2) is 17.7 Å². The minimum atomic E-state index is -1.05. The predicted molar refractivity (Wildman–Crippen MR) is 128 cm³/mol. The summed E-state index contributed by atoms with van der Waals surface area (Å²) in [6.45, 7) is 5.72. The van der Waals surface area contributed by atoms with E-state index in [2.05, 4.69) is 21.2 Å². The summed E-state index contributed by atoms with van der Waals surface area (Å²) in [6, 6.07) is 5.89. The van der Waals surface area contributed by atoms with Gasteiger partial charge in [0.25, 0.3) is 0 Å². The summed E-state index contributed by atoms with van der Waals surface area (Å²) in [7, 11) is 1.28. The zero-order valence-corrected chi connectivity index (χ0v) is 20.2. The van der Waals surface area contributed by atoms with Crippen LogP contribution < -0.4 is 25.5 Å². The van der Waals surface area contributed by atoms with Crippen LogP contribution in [0.15, 0.2) is 46.0 Å². The number of carbonyl (C=O) groups excluding carboxylic acids is 2. The molecule has 10 nitrogen and oxygen atoms in total. The van der Waals surface area contributed by atoms with Crippen molar-refractivity contribution in [1.29, 1.82) is 0 Å². The topological polar surface area (TPSA) is 131 Å². The minimum Gasteiger partial charge on any atom is -0.490 e. The molecule has 1 aromatic heterocycles. The second kappa shape index (κ2) is 11.5. The van der Waals surface area contributed by atoms with Crippen molar-refractivity contribution in [2.24, 2.45) is 5.10 Å². The number of aryl methyl sites for hydroxylation is 1. The van der Waals surface area contributed by atoms with E-state index < -0.39 is 24.3 Å². The third-order valence-electron chi connectivity index (χ3n) is 4.98. The summed E-state index contributed by atoms with van der Waals surface area (Å²) in [5, 5.41) is 21.5. The summed E-state index contributed by atoms with van der Waals surface area (Å²) in [6.07, 6.45) is 0.594. The lowest BCUT2D eigenvalue weighted by Gasteiger charge is -2.28. The molecule has 2 heterocycles. The first-order valence-corrected chi connectivity index (χ1v) is 11.5. The number of amides is 2. The van der Waals surface area contributed by atoms with E-state index in [0.29, 0.717) is 29.4 Å². The molecule has 34 heavy (non-hydrogen) atoms. The maximum Gasteiger partial charge on any atom is 0.337 e. The van der Waals surface area contributed by atoms with Crippen molar-refractivity contribution in [1.82, 2.24) is 16.1 Å². The third kappa shape index (κ3) is 6.06. The molecule has 0 bridgehead atoms. The SMILES string of the molecule is CCOc1cc([C@H]2NC(=O)NC(C)=C2C(=O)OC)ccc1OC[C@@H](O)N/N=C\c1sccc1C. The Labute approximate surface area is 201 Å². The summed E-state index contributed by atoms with van der Waals surface area (Å²) in [5.74, 6) is 0.241. The Morgan fingerprint density at radius 3 is 2.76 bits per heavy atom. The van der Waals surface area contributed by atoms with Crippen molar-refractivity contribution in [2.75, 3.05) is 20.3 Å². The number of nitrogens with one attached hydrogen (secondary N) is 3. The van der Waals surface area contributed by atoms with Gasteiger partial charge < -0.3 is 30.0 Å². The van der Waals surface area contributed by atoms with Crippen LogP contribution in [-0.4, -0.2) is 49.9 Å². The fourth-order valence-electron chi connectivity index (χ4n) is 3.32.